The van der Waals surface area contributed by atoms with E-state index < -0.39 is 5.97 Å². The van der Waals surface area contributed by atoms with Gasteiger partial charge in [0.2, 0.25) is 0 Å². The van der Waals surface area contributed by atoms with E-state index in [2.05, 4.69) is 15.9 Å². The maximum atomic E-state index is 12.9. The lowest BCUT2D eigenvalue weighted by atomic mass is 10.1. The van der Waals surface area contributed by atoms with E-state index in [4.69, 9.17) is 22.1 Å². The Kier molecular flexibility index (Phi) is 6.22. The number of amides is 1. The van der Waals surface area contributed by atoms with Gasteiger partial charge in [-0.2, -0.15) is 0 Å². The van der Waals surface area contributed by atoms with Crippen LogP contribution < -0.4 is 9.64 Å². The second-order valence-electron chi connectivity index (χ2n) is 6.23. The number of benzene rings is 2. The Morgan fingerprint density at radius 3 is 2.68 bits per heavy atom. The Morgan fingerprint density at radius 1 is 1.29 bits per heavy atom. The van der Waals surface area contributed by atoms with E-state index in [-0.39, 0.29) is 17.6 Å². The average Bonchev–Trinajstić information content (AvgIpc) is 2.90. The molecule has 0 atom stereocenters. The van der Waals surface area contributed by atoms with E-state index >= 15 is 0 Å². The Hall–Kier alpha value is -2.16. The van der Waals surface area contributed by atoms with Crippen molar-refractivity contribution in [2.45, 2.75) is 20.0 Å². The first-order valence-corrected chi connectivity index (χ1v) is 10.4. The van der Waals surface area contributed by atoms with E-state index in [1.165, 1.54) is 28.8 Å². The Morgan fingerprint density at radius 2 is 2.04 bits per heavy atom. The molecule has 1 aliphatic rings. The van der Waals surface area contributed by atoms with Crippen molar-refractivity contribution >= 4 is 67.9 Å². The van der Waals surface area contributed by atoms with Crippen LogP contribution in [0.1, 0.15) is 29.8 Å². The highest BCUT2D eigenvalue weighted by molar-refractivity contribution is 9.10. The largest absolute Gasteiger partial charge is 0.490 e. The number of thiocarbonyl (C=S) groups is 1. The summed E-state index contributed by atoms with van der Waals surface area (Å²) in [6, 6.07) is 11.7. The van der Waals surface area contributed by atoms with Crippen molar-refractivity contribution in [2.24, 2.45) is 0 Å². The van der Waals surface area contributed by atoms with Gasteiger partial charge in [0.05, 0.1) is 26.7 Å². The number of hydrogen-bond donors (Lipinski definition) is 1. The van der Waals surface area contributed by atoms with Crippen molar-refractivity contribution in [1.29, 1.82) is 0 Å². The van der Waals surface area contributed by atoms with E-state index in [9.17, 15) is 9.59 Å². The molecule has 3 rings (SSSR count). The average molecular weight is 478 g/mol. The molecule has 0 spiro atoms. The van der Waals surface area contributed by atoms with Crippen LogP contribution in [0.3, 0.4) is 0 Å². The smallest absolute Gasteiger partial charge is 0.335 e. The molecule has 0 saturated carbocycles. The molecule has 1 aliphatic heterocycles. The molecule has 2 aromatic rings. The molecule has 2 aromatic carbocycles. The number of nitrogens with zero attached hydrogens (tertiary/aromatic N) is 1. The molecule has 0 radical (unpaired) electrons. The number of anilines is 1. The van der Waals surface area contributed by atoms with Crippen LogP contribution in [0, 0.1) is 0 Å². The van der Waals surface area contributed by atoms with E-state index in [1.54, 1.807) is 18.2 Å². The summed E-state index contributed by atoms with van der Waals surface area (Å²) in [6.45, 7) is 3.90. The summed E-state index contributed by atoms with van der Waals surface area (Å²) in [5.41, 5.74) is 1.36. The van der Waals surface area contributed by atoms with Crippen LogP contribution in [0.2, 0.25) is 0 Å². The van der Waals surface area contributed by atoms with Crippen molar-refractivity contribution in [3.63, 3.8) is 0 Å². The van der Waals surface area contributed by atoms with Crippen LogP contribution in [0.25, 0.3) is 6.08 Å². The molecule has 1 heterocycles. The first-order valence-electron chi connectivity index (χ1n) is 8.34. The van der Waals surface area contributed by atoms with Crippen LogP contribution in [-0.4, -0.2) is 27.4 Å². The normalized spacial score (nSPS) is 15.6. The molecule has 0 unspecified atom stereocenters. The van der Waals surface area contributed by atoms with Crippen LogP contribution in [0.15, 0.2) is 51.8 Å². The molecule has 0 aliphatic carbocycles. The molecule has 0 bridgehead atoms. The van der Waals surface area contributed by atoms with Gasteiger partial charge in [0.1, 0.15) is 5.75 Å². The summed E-state index contributed by atoms with van der Waals surface area (Å²) in [5, 5.41) is 9.17. The van der Waals surface area contributed by atoms with Gasteiger partial charge in [0.25, 0.3) is 5.91 Å². The first kappa shape index (κ1) is 20.6. The Balaban J connectivity index is 1.88. The molecular weight excluding hydrogens is 462 g/mol. The van der Waals surface area contributed by atoms with Crippen LogP contribution >= 0.6 is 39.9 Å². The molecule has 1 amide bonds. The number of thioether (sulfide) groups is 1. The van der Waals surface area contributed by atoms with E-state index in [1.807, 2.05) is 32.0 Å². The second-order valence-corrected chi connectivity index (χ2v) is 8.76. The predicted molar refractivity (Wildman–Crippen MR) is 119 cm³/mol. The number of ether oxygens (including phenoxy) is 1. The quantitative estimate of drug-likeness (QED) is 0.462. The maximum absolute atomic E-state index is 12.9. The third-order valence-electron chi connectivity index (χ3n) is 3.76. The summed E-state index contributed by atoms with van der Waals surface area (Å²) in [7, 11) is 0. The van der Waals surface area contributed by atoms with Gasteiger partial charge in [-0.05, 0) is 71.7 Å². The molecule has 0 aromatic heterocycles. The highest BCUT2D eigenvalue weighted by Crippen LogP contribution is 2.37. The van der Waals surface area contributed by atoms with Gasteiger partial charge in [0, 0.05) is 0 Å². The monoisotopic (exact) mass is 477 g/mol. The first-order chi connectivity index (χ1) is 13.3. The number of carboxylic acid groups (broad SMARTS) is 1. The van der Waals surface area contributed by atoms with Crippen molar-refractivity contribution in [3.8, 4) is 5.75 Å². The zero-order chi connectivity index (χ0) is 20.4. The number of carboxylic acids is 1. The zero-order valence-corrected chi connectivity index (χ0v) is 18.2. The fourth-order valence-corrected chi connectivity index (χ4v) is 4.37. The van der Waals surface area contributed by atoms with Gasteiger partial charge in [-0.3, -0.25) is 9.69 Å². The van der Waals surface area contributed by atoms with Crippen LogP contribution in [-0.2, 0) is 4.79 Å². The van der Waals surface area contributed by atoms with Crippen LogP contribution in [0.4, 0.5) is 5.69 Å². The lowest BCUT2D eigenvalue weighted by Gasteiger charge is -2.14. The van der Waals surface area contributed by atoms with Crippen molar-refractivity contribution in [2.75, 3.05) is 4.90 Å². The molecule has 1 saturated heterocycles. The number of halogens is 1. The van der Waals surface area contributed by atoms with Crippen molar-refractivity contribution < 1.29 is 19.4 Å². The number of hydrogen-bond acceptors (Lipinski definition) is 5. The van der Waals surface area contributed by atoms with Gasteiger partial charge < -0.3 is 9.84 Å². The van der Waals surface area contributed by atoms with Gasteiger partial charge in [-0.25, -0.2) is 4.79 Å². The highest BCUT2D eigenvalue weighted by Gasteiger charge is 2.33. The van der Waals surface area contributed by atoms with Gasteiger partial charge in [-0.1, -0.05) is 36.1 Å². The number of rotatable bonds is 5. The summed E-state index contributed by atoms with van der Waals surface area (Å²) >= 11 is 10.0. The summed E-state index contributed by atoms with van der Waals surface area (Å²) in [6.07, 6.45) is 1.81. The van der Waals surface area contributed by atoms with E-state index in [0.717, 1.165) is 15.8 Å². The molecule has 1 N–H and O–H groups in total. The molecule has 144 valence electrons. The van der Waals surface area contributed by atoms with Crippen molar-refractivity contribution in [3.05, 3.63) is 63.0 Å². The lowest BCUT2D eigenvalue weighted by Crippen LogP contribution is -2.27. The lowest BCUT2D eigenvalue weighted by molar-refractivity contribution is -0.113. The Bertz CT molecular complexity index is 1000. The topological polar surface area (TPSA) is 66.8 Å². The number of carbonyl (C=O) groups is 2. The van der Waals surface area contributed by atoms with Gasteiger partial charge in [0.15, 0.2) is 4.32 Å². The third-order valence-corrected chi connectivity index (χ3v) is 5.68. The molecule has 28 heavy (non-hydrogen) atoms. The highest BCUT2D eigenvalue weighted by atomic mass is 79.9. The minimum atomic E-state index is -1.06. The summed E-state index contributed by atoms with van der Waals surface area (Å²) in [4.78, 5) is 25.9. The van der Waals surface area contributed by atoms with Gasteiger partial charge >= 0.3 is 5.97 Å². The van der Waals surface area contributed by atoms with Crippen molar-refractivity contribution in [1.82, 2.24) is 0 Å². The molecule has 5 nitrogen and oxygen atoms in total. The zero-order valence-electron chi connectivity index (χ0n) is 15.0. The second kappa shape index (κ2) is 8.46. The van der Waals surface area contributed by atoms with E-state index in [0.29, 0.717) is 14.9 Å². The van der Waals surface area contributed by atoms with Gasteiger partial charge in [-0.15, -0.1) is 0 Å². The fourth-order valence-electron chi connectivity index (χ4n) is 2.58. The fraction of sp³-hybridized carbons (Fsp3) is 0.150. The predicted octanol–water partition coefficient (Wildman–Crippen LogP) is 5.34. The summed E-state index contributed by atoms with van der Waals surface area (Å²) in [5.74, 6) is -0.613. The number of aromatic carboxylic acids is 1. The molecule has 8 heteroatoms. The minimum absolute atomic E-state index is 0.0555. The third kappa shape index (κ3) is 4.45. The van der Waals surface area contributed by atoms with Crippen LogP contribution in [0.5, 0.6) is 5.75 Å². The Labute approximate surface area is 180 Å². The minimum Gasteiger partial charge on any atom is -0.490 e. The maximum Gasteiger partial charge on any atom is 0.335 e. The SMILES string of the molecule is CC(C)Oc1ccc(/C=C2/SC(=S)N(c3cccc(C(=O)O)c3)C2=O)cc1Br. The molecule has 1 fully saturated rings. The number of carbonyl (C=O) groups excluding carboxylic acids is 1. The molecular formula is C20H16BrNO4S2. The summed E-state index contributed by atoms with van der Waals surface area (Å²) < 4.78 is 6.85. The standard InChI is InChI=1S/C20H16BrNO4S2/c1-11(2)26-16-7-6-12(8-15(16)21)9-17-18(23)22(20(27)28-17)14-5-3-4-13(10-14)19(24)25/h3-11H,1-2H3,(H,24,25)/b17-9+.